The fourth-order valence-electron chi connectivity index (χ4n) is 2.78. The Kier molecular flexibility index (Phi) is 4.36. The summed E-state index contributed by atoms with van der Waals surface area (Å²) in [6, 6.07) is 11.6. The van der Waals surface area contributed by atoms with Crippen molar-refractivity contribution >= 4 is 40.2 Å². The van der Waals surface area contributed by atoms with E-state index in [0.29, 0.717) is 10.5 Å². The third-order valence-corrected chi connectivity index (χ3v) is 4.71. The van der Waals surface area contributed by atoms with Gasteiger partial charge in [0.1, 0.15) is 0 Å². The van der Waals surface area contributed by atoms with Gasteiger partial charge in [0.2, 0.25) is 0 Å². The quantitative estimate of drug-likeness (QED) is 0.734. The summed E-state index contributed by atoms with van der Waals surface area (Å²) in [7, 11) is 0. The maximum atomic E-state index is 12.5. The standard InChI is InChI=1S/C17H16BrNOS/c18-12-8-9-14(16(21)10-12)17(20)19-15-7-3-5-11-4-1-2-6-13(11)15/h3,5,7-10,21H,1-2,4,6H2,(H,19,20). The van der Waals surface area contributed by atoms with Gasteiger partial charge in [-0.1, -0.05) is 28.1 Å². The van der Waals surface area contributed by atoms with E-state index in [1.165, 1.54) is 24.0 Å². The predicted molar refractivity (Wildman–Crippen MR) is 92.4 cm³/mol. The Labute approximate surface area is 138 Å². The van der Waals surface area contributed by atoms with Gasteiger partial charge in [-0.25, -0.2) is 0 Å². The van der Waals surface area contributed by atoms with Crippen LogP contribution < -0.4 is 5.32 Å². The van der Waals surface area contributed by atoms with Gasteiger partial charge in [0.25, 0.3) is 5.91 Å². The molecule has 3 rings (SSSR count). The zero-order valence-electron chi connectivity index (χ0n) is 11.5. The molecule has 1 aliphatic rings. The van der Waals surface area contributed by atoms with Crippen molar-refractivity contribution in [2.45, 2.75) is 30.6 Å². The highest BCUT2D eigenvalue weighted by molar-refractivity contribution is 9.10. The first-order chi connectivity index (χ1) is 10.1. The van der Waals surface area contributed by atoms with Gasteiger partial charge in [-0.2, -0.15) is 0 Å². The maximum Gasteiger partial charge on any atom is 0.256 e. The Bertz CT molecular complexity index is 699. The molecule has 0 spiro atoms. The molecule has 2 aromatic carbocycles. The minimum absolute atomic E-state index is 0.105. The Morgan fingerprint density at radius 1 is 1.14 bits per heavy atom. The molecular weight excluding hydrogens is 346 g/mol. The molecule has 2 nitrogen and oxygen atoms in total. The van der Waals surface area contributed by atoms with Gasteiger partial charge in [-0.3, -0.25) is 4.79 Å². The highest BCUT2D eigenvalue weighted by atomic mass is 79.9. The van der Waals surface area contributed by atoms with E-state index in [1.807, 2.05) is 24.3 Å². The minimum atomic E-state index is -0.105. The van der Waals surface area contributed by atoms with Crippen LogP contribution in [-0.4, -0.2) is 5.91 Å². The normalized spacial score (nSPS) is 13.6. The molecule has 1 N–H and O–H groups in total. The molecule has 0 bridgehead atoms. The van der Waals surface area contributed by atoms with Crippen LogP contribution in [0.2, 0.25) is 0 Å². The predicted octanol–water partition coefficient (Wildman–Crippen LogP) is 4.87. The second-order valence-electron chi connectivity index (χ2n) is 5.27. The molecule has 0 unspecified atom stereocenters. The zero-order valence-corrected chi connectivity index (χ0v) is 14.0. The SMILES string of the molecule is O=C(Nc1cccc2c1CCCC2)c1ccc(Br)cc1S. The lowest BCUT2D eigenvalue weighted by Crippen LogP contribution is -2.16. The van der Waals surface area contributed by atoms with E-state index in [-0.39, 0.29) is 5.91 Å². The Morgan fingerprint density at radius 3 is 2.76 bits per heavy atom. The van der Waals surface area contributed by atoms with Crippen molar-refractivity contribution in [1.29, 1.82) is 0 Å². The average Bonchev–Trinajstić information content (AvgIpc) is 2.47. The Hall–Kier alpha value is -1.26. The van der Waals surface area contributed by atoms with Crippen LogP contribution in [0.4, 0.5) is 5.69 Å². The summed E-state index contributed by atoms with van der Waals surface area (Å²) in [6.45, 7) is 0. The fraction of sp³-hybridized carbons (Fsp3) is 0.235. The number of hydrogen-bond donors (Lipinski definition) is 2. The fourth-order valence-corrected chi connectivity index (χ4v) is 3.64. The molecule has 21 heavy (non-hydrogen) atoms. The summed E-state index contributed by atoms with van der Waals surface area (Å²) in [6.07, 6.45) is 4.57. The molecule has 1 amide bonds. The van der Waals surface area contributed by atoms with Crippen LogP contribution in [0.1, 0.15) is 34.3 Å². The van der Waals surface area contributed by atoms with E-state index < -0.39 is 0 Å². The van der Waals surface area contributed by atoms with E-state index in [4.69, 9.17) is 0 Å². The second-order valence-corrected chi connectivity index (χ2v) is 6.66. The maximum absolute atomic E-state index is 12.5. The van der Waals surface area contributed by atoms with Crippen molar-refractivity contribution in [2.24, 2.45) is 0 Å². The number of benzene rings is 2. The van der Waals surface area contributed by atoms with Crippen molar-refractivity contribution < 1.29 is 4.79 Å². The van der Waals surface area contributed by atoms with Gasteiger partial charge in [0.05, 0.1) is 5.56 Å². The van der Waals surface area contributed by atoms with Crippen molar-refractivity contribution in [1.82, 2.24) is 0 Å². The molecule has 0 radical (unpaired) electrons. The third-order valence-electron chi connectivity index (χ3n) is 3.85. The molecule has 108 valence electrons. The highest BCUT2D eigenvalue weighted by Crippen LogP contribution is 2.29. The van der Waals surface area contributed by atoms with Crippen LogP contribution in [0.15, 0.2) is 45.8 Å². The number of carbonyl (C=O) groups is 1. The Balaban J connectivity index is 1.88. The number of halogens is 1. The van der Waals surface area contributed by atoms with Gasteiger partial charge in [0, 0.05) is 15.1 Å². The lowest BCUT2D eigenvalue weighted by Gasteiger charge is -2.19. The summed E-state index contributed by atoms with van der Waals surface area (Å²) >= 11 is 7.76. The van der Waals surface area contributed by atoms with E-state index >= 15 is 0 Å². The van der Waals surface area contributed by atoms with Crippen molar-refractivity contribution in [3.05, 3.63) is 57.6 Å². The molecule has 0 aromatic heterocycles. The van der Waals surface area contributed by atoms with Gasteiger partial charge >= 0.3 is 0 Å². The number of hydrogen-bond acceptors (Lipinski definition) is 2. The van der Waals surface area contributed by atoms with Crippen molar-refractivity contribution in [2.75, 3.05) is 5.32 Å². The van der Waals surface area contributed by atoms with E-state index in [9.17, 15) is 4.79 Å². The van der Waals surface area contributed by atoms with Crippen LogP contribution in [-0.2, 0) is 12.8 Å². The van der Waals surface area contributed by atoms with Crippen LogP contribution in [0.5, 0.6) is 0 Å². The molecule has 0 atom stereocenters. The van der Waals surface area contributed by atoms with Crippen molar-refractivity contribution in [3.63, 3.8) is 0 Å². The zero-order chi connectivity index (χ0) is 14.8. The molecule has 2 aromatic rings. The molecule has 0 heterocycles. The van der Waals surface area contributed by atoms with E-state index in [0.717, 1.165) is 23.0 Å². The lowest BCUT2D eigenvalue weighted by atomic mass is 9.90. The van der Waals surface area contributed by atoms with Crippen LogP contribution in [0, 0.1) is 0 Å². The summed E-state index contributed by atoms with van der Waals surface area (Å²) in [5.41, 5.74) is 4.18. The largest absolute Gasteiger partial charge is 0.322 e. The summed E-state index contributed by atoms with van der Waals surface area (Å²) in [4.78, 5) is 13.1. The number of nitrogens with one attached hydrogen (secondary N) is 1. The molecular formula is C17H16BrNOS. The first-order valence-electron chi connectivity index (χ1n) is 7.06. The first-order valence-corrected chi connectivity index (χ1v) is 8.30. The number of thiol groups is 1. The number of fused-ring (bicyclic) bond motifs is 1. The third kappa shape index (κ3) is 3.16. The number of anilines is 1. The summed E-state index contributed by atoms with van der Waals surface area (Å²) in [5, 5.41) is 3.04. The lowest BCUT2D eigenvalue weighted by molar-refractivity contribution is 0.102. The second kappa shape index (κ2) is 6.24. The number of carbonyl (C=O) groups excluding carboxylic acids is 1. The summed E-state index contributed by atoms with van der Waals surface area (Å²) < 4.78 is 0.918. The van der Waals surface area contributed by atoms with Gasteiger partial charge in [-0.05, 0) is 61.1 Å². The van der Waals surface area contributed by atoms with Crippen LogP contribution in [0.3, 0.4) is 0 Å². The topological polar surface area (TPSA) is 29.1 Å². The average molecular weight is 362 g/mol. The minimum Gasteiger partial charge on any atom is -0.322 e. The number of aryl methyl sites for hydroxylation is 1. The van der Waals surface area contributed by atoms with Gasteiger partial charge in [0.15, 0.2) is 0 Å². The van der Waals surface area contributed by atoms with Crippen molar-refractivity contribution in [3.8, 4) is 0 Å². The number of rotatable bonds is 2. The smallest absolute Gasteiger partial charge is 0.256 e. The highest BCUT2D eigenvalue weighted by Gasteiger charge is 2.16. The Morgan fingerprint density at radius 2 is 1.95 bits per heavy atom. The first kappa shape index (κ1) is 14.7. The molecule has 0 saturated heterocycles. The molecule has 0 saturated carbocycles. The monoisotopic (exact) mass is 361 g/mol. The van der Waals surface area contributed by atoms with Crippen LogP contribution >= 0.6 is 28.6 Å². The molecule has 1 aliphatic carbocycles. The van der Waals surface area contributed by atoms with Gasteiger partial charge in [-0.15, -0.1) is 12.6 Å². The molecule has 0 fully saturated rings. The summed E-state index contributed by atoms with van der Waals surface area (Å²) in [5.74, 6) is -0.105. The van der Waals surface area contributed by atoms with E-state index in [2.05, 4.69) is 39.9 Å². The van der Waals surface area contributed by atoms with E-state index in [1.54, 1.807) is 6.07 Å². The molecule has 4 heteroatoms. The van der Waals surface area contributed by atoms with Gasteiger partial charge < -0.3 is 5.32 Å². The number of amides is 1. The van der Waals surface area contributed by atoms with Crippen LogP contribution in [0.25, 0.3) is 0 Å². The molecule has 0 aliphatic heterocycles.